The second-order valence-electron chi connectivity index (χ2n) is 7.03. The molecule has 0 aliphatic rings. The van der Waals surface area contributed by atoms with Crippen LogP contribution >= 0.6 is 11.3 Å². The number of thiazole rings is 1. The second-order valence-corrected chi connectivity index (χ2v) is 8.06. The van der Waals surface area contributed by atoms with Gasteiger partial charge in [-0.1, -0.05) is 17.4 Å². The zero-order valence-electron chi connectivity index (χ0n) is 16.3. The third-order valence-corrected chi connectivity index (χ3v) is 5.64. The summed E-state index contributed by atoms with van der Waals surface area (Å²) in [5, 5.41) is 14.2. The Labute approximate surface area is 174 Å². The highest BCUT2D eigenvalue weighted by atomic mass is 32.1. The molecule has 0 spiro atoms. The van der Waals surface area contributed by atoms with Gasteiger partial charge in [-0.05, 0) is 43.5 Å². The number of anilines is 1. The van der Waals surface area contributed by atoms with Gasteiger partial charge in [0.05, 0.1) is 26.7 Å². The normalized spacial score (nSPS) is 11.3. The largest absolute Gasteiger partial charge is 0.419 e. The summed E-state index contributed by atoms with van der Waals surface area (Å²) in [5.74, 6) is -0.803. The monoisotopic (exact) mass is 426 g/mol. The van der Waals surface area contributed by atoms with E-state index in [2.05, 4.69) is 16.4 Å². The molecule has 30 heavy (non-hydrogen) atoms. The van der Waals surface area contributed by atoms with Crippen LogP contribution in [0.3, 0.4) is 0 Å². The Balaban J connectivity index is 1.41. The molecule has 0 unspecified atom stereocenters. The van der Waals surface area contributed by atoms with Crippen molar-refractivity contribution in [1.29, 1.82) is 0 Å². The number of nitrogens with one attached hydrogen (secondary N) is 1. The summed E-state index contributed by atoms with van der Waals surface area (Å²) in [7, 11) is 0. The molecule has 0 saturated carbocycles. The fourth-order valence-corrected chi connectivity index (χ4v) is 4.44. The van der Waals surface area contributed by atoms with Crippen molar-refractivity contribution in [1.82, 2.24) is 9.55 Å². The van der Waals surface area contributed by atoms with E-state index in [1.165, 1.54) is 34.1 Å². The summed E-state index contributed by atoms with van der Waals surface area (Å²) in [6.07, 6.45) is 0.598. The van der Waals surface area contributed by atoms with Crippen LogP contribution in [0.1, 0.15) is 24.0 Å². The van der Waals surface area contributed by atoms with E-state index in [0.29, 0.717) is 17.1 Å². The van der Waals surface area contributed by atoms with Gasteiger partial charge in [0.25, 0.3) is 5.69 Å². The van der Waals surface area contributed by atoms with E-state index in [0.717, 1.165) is 21.3 Å². The molecule has 2 aromatic heterocycles. The maximum atomic E-state index is 12.3. The highest BCUT2D eigenvalue weighted by Gasteiger charge is 2.15. The Kier molecular flexibility index (Phi) is 5.08. The van der Waals surface area contributed by atoms with Crippen LogP contribution in [0.5, 0.6) is 0 Å². The number of benzene rings is 2. The second kappa shape index (κ2) is 7.71. The van der Waals surface area contributed by atoms with Gasteiger partial charge in [0.1, 0.15) is 0 Å². The van der Waals surface area contributed by atoms with Gasteiger partial charge < -0.3 is 9.73 Å². The Morgan fingerprint density at radius 3 is 2.87 bits per heavy atom. The number of hydrogen-bond acceptors (Lipinski definition) is 7. The summed E-state index contributed by atoms with van der Waals surface area (Å²) >= 11 is 1.42. The van der Waals surface area contributed by atoms with Crippen molar-refractivity contribution in [2.75, 3.05) is 5.32 Å². The molecule has 1 amide bonds. The fourth-order valence-electron chi connectivity index (χ4n) is 3.38. The van der Waals surface area contributed by atoms with E-state index < -0.39 is 10.7 Å². The molecule has 0 bridgehead atoms. The highest BCUT2D eigenvalue weighted by molar-refractivity contribution is 7.22. The van der Waals surface area contributed by atoms with Gasteiger partial charge in [0.2, 0.25) is 5.91 Å². The molecule has 0 aliphatic carbocycles. The molecule has 10 heteroatoms. The van der Waals surface area contributed by atoms with E-state index in [1.807, 2.05) is 19.9 Å². The number of nitro groups is 1. The zero-order valence-corrected chi connectivity index (χ0v) is 17.1. The molecule has 154 valence electrons. The predicted octanol–water partition coefficient (Wildman–Crippen LogP) is 4.15. The first-order chi connectivity index (χ1) is 14.3. The first kappa shape index (κ1) is 19.8. The first-order valence-electron chi connectivity index (χ1n) is 9.27. The van der Waals surface area contributed by atoms with Gasteiger partial charge >= 0.3 is 5.76 Å². The molecular formula is C20H18N4O5S. The third kappa shape index (κ3) is 3.81. The molecule has 0 radical (unpaired) electrons. The number of non-ortho nitro benzene ring substituents is 1. The number of fused-ring (bicyclic) bond motifs is 2. The minimum Gasteiger partial charge on any atom is -0.407 e. The number of carbonyl (C=O) groups is 1. The van der Waals surface area contributed by atoms with Gasteiger partial charge in [0, 0.05) is 19.0 Å². The van der Waals surface area contributed by atoms with Gasteiger partial charge in [-0.2, -0.15) is 0 Å². The summed E-state index contributed by atoms with van der Waals surface area (Å²) in [6.45, 7) is 4.27. The van der Waals surface area contributed by atoms with E-state index in [-0.39, 0.29) is 30.1 Å². The maximum Gasteiger partial charge on any atom is 0.419 e. The maximum absolute atomic E-state index is 12.3. The number of aryl methyl sites for hydroxylation is 3. The van der Waals surface area contributed by atoms with Gasteiger partial charge in [-0.15, -0.1) is 0 Å². The number of amides is 1. The molecule has 2 heterocycles. The smallest absolute Gasteiger partial charge is 0.407 e. The van der Waals surface area contributed by atoms with Gasteiger partial charge in [0.15, 0.2) is 10.7 Å². The van der Waals surface area contributed by atoms with Crippen LogP contribution in [0.25, 0.3) is 21.3 Å². The Bertz CT molecular complexity index is 1350. The van der Waals surface area contributed by atoms with Crippen LogP contribution in [-0.4, -0.2) is 20.4 Å². The standard InChI is InChI=1S/C20H18N4O5S/c1-11-8-12(2)18-16(9-11)30-19(22-18)21-17(25)4-3-7-23-14-6-5-13(24(27)28)10-15(14)29-20(23)26/h5-6,8-10H,3-4,7H2,1-2H3,(H,21,22,25). The van der Waals surface area contributed by atoms with Crippen molar-refractivity contribution in [3.8, 4) is 0 Å². The number of hydrogen-bond donors (Lipinski definition) is 1. The van der Waals surface area contributed by atoms with Crippen LogP contribution in [0.4, 0.5) is 10.8 Å². The molecule has 0 atom stereocenters. The summed E-state index contributed by atoms with van der Waals surface area (Å²) in [6, 6.07) is 8.10. The Hall–Kier alpha value is -3.53. The first-order valence-corrected chi connectivity index (χ1v) is 10.1. The van der Waals surface area contributed by atoms with E-state index >= 15 is 0 Å². The Morgan fingerprint density at radius 2 is 2.10 bits per heavy atom. The number of nitrogens with zero attached hydrogens (tertiary/aromatic N) is 3. The average molecular weight is 426 g/mol. The van der Waals surface area contributed by atoms with E-state index in [9.17, 15) is 19.7 Å². The lowest BCUT2D eigenvalue weighted by molar-refractivity contribution is -0.384. The quantitative estimate of drug-likeness (QED) is 0.365. The SMILES string of the molecule is Cc1cc(C)c2nc(NC(=O)CCCn3c(=O)oc4cc([N+](=O)[O-])ccc43)sc2c1. The molecule has 9 nitrogen and oxygen atoms in total. The molecule has 4 aromatic rings. The molecule has 4 rings (SSSR count). The topological polar surface area (TPSA) is 120 Å². The third-order valence-electron chi connectivity index (χ3n) is 4.72. The minimum absolute atomic E-state index is 0.149. The van der Waals surface area contributed by atoms with Crippen molar-refractivity contribution < 1.29 is 14.1 Å². The summed E-state index contributed by atoms with van der Waals surface area (Å²) in [4.78, 5) is 39.2. The number of rotatable bonds is 6. The van der Waals surface area contributed by atoms with Crippen LogP contribution < -0.4 is 11.1 Å². The Morgan fingerprint density at radius 1 is 1.30 bits per heavy atom. The lowest BCUT2D eigenvalue weighted by Crippen LogP contribution is -2.17. The van der Waals surface area contributed by atoms with Gasteiger partial charge in [-0.25, -0.2) is 9.78 Å². The molecule has 0 fully saturated rings. The number of carbonyl (C=O) groups excluding carboxylic acids is 1. The molecular weight excluding hydrogens is 408 g/mol. The van der Waals surface area contributed by atoms with Crippen LogP contribution in [0.2, 0.25) is 0 Å². The average Bonchev–Trinajstić information content (AvgIpc) is 3.21. The van der Waals surface area contributed by atoms with Crippen molar-refractivity contribution in [3.63, 3.8) is 0 Å². The summed E-state index contributed by atoms with van der Waals surface area (Å²) in [5.41, 5.74) is 3.55. The van der Waals surface area contributed by atoms with E-state index in [1.54, 1.807) is 0 Å². The number of nitro benzene ring substituents is 1. The fraction of sp³-hybridized carbons (Fsp3) is 0.250. The molecule has 1 N–H and O–H groups in total. The van der Waals surface area contributed by atoms with Crippen molar-refractivity contribution in [2.24, 2.45) is 0 Å². The zero-order chi connectivity index (χ0) is 21.4. The highest BCUT2D eigenvalue weighted by Crippen LogP contribution is 2.29. The predicted molar refractivity (Wildman–Crippen MR) is 114 cm³/mol. The lowest BCUT2D eigenvalue weighted by atomic mass is 10.1. The van der Waals surface area contributed by atoms with Crippen molar-refractivity contribution in [2.45, 2.75) is 33.2 Å². The van der Waals surface area contributed by atoms with Crippen molar-refractivity contribution >= 4 is 49.4 Å². The molecule has 2 aromatic carbocycles. The van der Waals surface area contributed by atoms with Crippen LogP contribution in [0.15, 0.2) is 39.5 Å². The van der Waals surface area contributed by atoms with Crippen molar-refractivity contribution in [3.05, 3.63) is 62.1 Å². The number of aromatic nitrogens is 2. The molecule has 0 saturated heterocycles. The van der Waals surface area contributed by atoms with Crippen LogP contribution in [-0.2, 0) is 11.3 Å². The van der Waals surface area contributed by atoms with E-state index in [4.69, 9.17) is 4.42 Å². The van der Waals surface area contributed by atoms with Crippen LogP contribution in [0, 0.1) is 24.0 Å². The lowest BCUT2D eigenvalue weighted by Gasteiger charge is -2.03. The molecule has 0 aliphatic heterocycles. The minimum atomic E-state index is -0.608. The number of oxazole rings is 1. The summed E-state index contributed by atoms with van der Waals surface area (Å²) < 4.78 is 7.48. The van der Waals surface area contributed by atoms with Gasteiger partial charge in [-0.3, -0.25) is 19.5 Å².